The molecule has 1 aromatic heterocycles. The summed E-state index contributed by atoms with van der Waals surface area (Å²) in [5.74, 6) is 3.41. The van der Waals surface area contributed by atoms with Gasteiger partial charge in [0.05, 0.1) is 0 Å². The fourth-order valence-corrected chi connectivity index (χ4v) is 3.98. The number of aliphatic imine (C=N–C) groups is 1. The summed E-state index contributed by atoms with van der Waals surface area (Å²) >= 11 is 2.10. The van der Waals surface area contributed by atoms with Crippen molar-refractivity contribution in [2.45, 2.75) is 51.8 Å². The van der Waals surface area contributed by atoms with Crippen LogP contribution >= 0.6 is 35.7 Å². The van der Waals surface area contributed by atoms with Crippen LogP contribution in [-0.4, -0.2) is 57.6 Å². The van der Waals surface area contributed by atoms with Gasteiger partial charge >= 0.3 is 0 Å². The topological polar surface area (TPSA) is 45.5 Å². The third-order valence-corrected chi connectivity index (χ3v) is 5.59. The minimum absolute atomic E-state index is 0. The van der Waals surface area contributed by atoms with E-state index in [0.717, 1.165) is 62.6 Å². The number of nitrogens with zero attached hydrogens (tertiary/aromatic N) is 4. The van der Waals surface area contributed by atoms with Crippen molar-refractivity contribution in [3.8, 4) is 0 Å². The molecule has 1 aliphatic heterocycles. The van der Waals surface area contributed by atoms with Gasteiger partial charge in [0, 0.05) is 56.1 Å². The Labute approximate surface area is 168 Å². The van der Waals surface area contributed by atoms with Crippen molar-refractivity contribution in [3.05, 3.63) is 18.2 Å². The lowest BCUT2D eigenvalue weighted by Gasteiger charge is -2.34. The second kappa shape index (κ2) is 12.0. The maximum atomic E-state index is 4.84. The lowest BCUT2D eigenvalue weighted by Crippen LogP contribution is -2.48. The van der Waals surface area contributed by atoms with E-state index >= 15 is 0 Å². The molecule has 0 spiro atoms. The zero-order valence-corrected chi connectivity index (χ0v) is 18.3. The molecular formula is C17H32IN5S. The van der Waals surface area contributed by atoms with Crippen LogP contribution in [0.15, 0.2) is 17.4 Å². The first-order valence-corrected chi connectivity index (χ1v) is 9.92. The molecule has 7 heteroatoms. The van der Waals surface area contributed by atoms with Gasteiger partial charge in [-0.2, -0.15) is 11.8 Å². The van der Waals surface area contributed by atoms with Gasteiger partial charge in [0.1, 0.15) is 5.82 Å². The lowest BCUT2D eigenvalue weighted by molar-refractivity contribution is 0.408. The molecule has 1 unspecified atom stereocenters. The van der Waals surface area contributed by atoms with E-state index < -0.39 is 0 Å². The Balaban J connectivity index is 0.00000288. The standard InChI is InChI=1S/C17H31N5S.HI/c1-4-16-14-22(12-13-23-16)17(18-5-2)20-8-6-7-10-21-11-9-19-15(21)3;/h9,11,16H,4-8,10,12-14H2,1-3H3,(H,18,20);1H. The quantitative estimate of drug-likeness (QED) is 0.290. The average molecular weight is 465 g/mol. The summed E-state index contributed by atoms with van der Waals surface area (Å²) in [7, 11) is 0. The highest BCUT2D eigenvalue weighted by atomic mass is 127. The van der Waals surface area contributed by atoms with Crippen LogP contribution in [0.2, 0.25) is 0 Å². The van der Waals surface area contributed by atoms with Crippen molar-refractivity contribution in [2.24, 2.45) is 4.99 Å². The molecule has 0 amide bonds. The van der Waals surface area contributed by atoms with Gasteiger partial charge < -0.3 is 14.8 Å². The molecule has 2 rings (SSSR count). The van der Waals surface area contributed by atoms with E-state index in [-0.39, 0.29) is 24.0 Å². The zero-order valence-electron chi connectivity index (χ0n) is 15.2. The largest absolute Gasteiger partial charge is 0.357 e. The van der Waals surface area contributed by atoms with Gasteiger partial charge in [-0.3, -0.25) is 4.99 Å². The normalized spacial score (nSPS) is 18.4. The lowest BCUT2D eigenvalue weighted by atomic mass is 10.3. The van der Waals surface area contributed by atoms with Crippen molar-refractivity contribution in [1.29, 1.82) is 0 Å². The second-order valence-electron chi connectivity index (χ2n) is 5.96. The van der Waals surface area contributed by atoms with Crippen LogP contribution in [0.1, 0.15) is 38.9 Å². The molecular weight excluding hydrogens is 433 g/mol. The summed E-state index contributed by atoms with van der Waals surface area (Å²) in [6.07, 6.45) is 7.43. The number of rotatable bonds is 7. The molecule has 5 nitrogen and oxygen atoms in total. The first-order valence-electron chi connectivity index (χ1n) is 8.87. The van der Waals surface area contributed by atoms with Crippen LogP contribution < -0.4 is 5.32 Å². The molecule has 1 aromatic rings. The molecule has 0 aliphatic carbocycles. The van der Waals surface area contributed by atoms with E-state index in [1.54, 1.807) is 0 Å². The number of aromatic nitrogens is 2. The summed E-state index contributed by atoms with van der Waals surface area (Å²) < 4.78 is 2.21. The number of aryl methyl sites for hydroxylation is 2. The van der Waals surface area contributed by atoms with Crippen molar-refractivity contribution < 1.29 is 0 Å². The molecule has 0 radical (unpaired) electrons. The molecule has 138 valence electrons. The van der Waals surface area contributed by atoms with Crippen LogP contribution in [-0.2, 0) is 6.54 Å². The van der Waals surface area contributed by atoms with E-state index in [1.165, 1.54) is 12.2 Å². The Bertz CT molecular complexity index is 491. The van der Waals surface area contributed by atoms with E-state index in [9.17, 15) is 0 Å². The highest BCUT2D eigenvalue weighted by molar-refractivity contribution is 14.0. The van der Waals surface area contributed by atoms with Gasteiger partial charge in [0.2, 0.25) is 0 Å². The second-order valence-corrected chi connectivity index (χ2v) is 7.37. The summed E-state index contributed by atoms with van der Waals surface area (Å²) in [5.41, 5.74) is 0. The highest BCUT2D eigenvalue weighted by Gasteiger charge is 2.21. The van der Waals surface area contributed by atoms with E-state index in [2.05, 4.69) is 58.5 Å². The number of hydrogen-bond donors (Lipinski definition) is 1. The predicted octanol–water partition coefficient (Wildman–Crippen LogP) is 3.38. The molecule has 1 saturated heterocycles. The van der Waals surface area contributed by atoms with Crippen LogP contribution in [0.3, 0.4) is 0 Å². The Kier molecular flexibility index (Phi) is 10.8. The number of nitrogens with one attached hydrogen (secondary N) is 1. The van der Waals surface area contributed by atoms with Gasteiger partial charge in [0.15, 0.2) is 5.96 Å². The Morgan fingerprint density at radius 2 is 2.25 bits per heavy atom. The summed E-state index contributed by atoms with van der Waals surface area (Å²) in [6, 6.07) is 0. The SMILES string of the molecule is CCNC(=NCCCCn1ccnc1C)N1CCSC(CC)C1.I. The first-order chi connectivity index (χ1) is 11.2. The molecule has 1 aliphatic rings. The fourth-order valence-electron chi connectivity index (χ4n) is 2.80. The average Bonchev–Trinajstić information content (AvgIpc) is 2.98. The van der Waals surface area contributed by atoms with Crippen molar-refractivity contribution in [3.63, 3.8) is 0 Å². The molecule has 2 heterocycles. The maximum absolute atomic E-state index is 4.84. The highest BCUT2D eigenvalue weighted by Crippen LogP contribution is 2.21. The van der Waals surface area contributed by atoms with Crippen LogP contribution in [0.25, 0.3) is 0 Å². The van der Waals surface area contributed by atoms with Gasteiger partial charge in [-0.1, -0.05) is 6.92 Å². The van der Waals surface area contributed by atoms with Crippen LogP contribution in [0.4, 0.5) is 0 Å². The predicted molar refractivity (Wildman–Crippen MR) is 116 cm³/mol. The van der Waals surface area contributed by atoms with Crippen molar-refractivity contribution >= 4 is 41.7 Å². The van der Waals surface area contributed by atoms with Gasteiger partial charge in [-0.15, -0.1) is 24.0 Å². The summed E-state index contributed by atoms with van der Waals surface area (Å²) in [6.45, 7) is 11.6. The fraction of sp³-hybridized carbons (Fsp3) is 0.765. The molecule has 0 bridgehead atoms. The van der Waals surface area contributed by atoms with Crippen molar-refractivity contribution in [1.82, 2.24) is 19.8 Å². The first kappa shape index (κ1) is 21.6. The van der Waals surface area contributed by atoms with Crippen LogP contribution in [0, 0.1) is 6.92 Å². The molecule has 0 aromatic carbocycles. The number of unbranched alkanes of at least 4 members (excludes halogenated alkanes) is 1. The van der Waals surface area contributed by atoms with E-state index in [0.29, 0.717) is 0 Å². The number of hydrogen-bond acceptors (Lipinski definition) is 3. The number of imidazole rings is 1. The van der Waals surface area contributed by atoms with Gasteiger partial charge in [-0.05, 0) is 33.1 Å². The van der Waals surface area contributed by atoms with Crippen molar-refractivity contribution in [2.75, 3.05) is 31.9 Å². The van der Waals surface area contributed by atoms with E-state index in [1.807, 2.05) is 6.20 Å². The Hall–Kier alpha value is -0.440. The Morgan fingerprint density at radius 1 is 1.42 bits per heavy atom. The van der Waals surface area contributed by atoms with E-state index in [4.69, 9.17) is 4.99 Å². The smallest absolute Gasteiger partial charge is 0.193 e. The van der Waals surface area contributed by atoms with Gasteiger partial charge in [0.25, 0.3) is 0 Å². The van der Waals surface area contributed by atoms with Crippen LogP contribution in [0.5, 0.6) is 0 Å². The number of guanidine groups is 1. The third-order valence-electron chi connectivity index (χ3n) is 4.22. The molecule has 1 fully saturated rings. The minimum Gasteiger partial charge on any atom is -0.357 e. The summed E-state index contributed by atoms with van der Waals surface area (Å²) in [4.78, 5) is 11.5. The molecule has 1 N–H and O–H groups in total. The monoisotopic (exact) mass is 465 g/mol. The zero-order chi connectivity index (χ0) is 16.5. The molecule has 24 heavy (non-hydrogen) atoms. The minimum atomic E-state index is 0. The number of halogens is 1. The maximum Gasteiger partial charge on any atom is 0.193 e. The van der Waals surface area contributed by atoms with Gasteiger partial charge in [-0.25, -0.2) is 4.98 Å². The number of thioether (sulfide) groups is 1. The molecule has 1 atom stereocenters. The third kappa shape index (κ3) is 6.82. The Morgan fingerprint density at radius 3 is 2.92 bits per heavy atom. The molecule has 0 saturated carbocycles. The summed E-state index contributed by atoms with van der Waals surface area (Å²) in [5, 5.41) is 4.21.